The number of β-lactam (4-membered cyclic amide) rings is 1. The fourth-order valence-electron chi connectivity index (χ4n) is 2.93. The van der Waals surface area contributed by atoms with Gasteiger partial charge in [-0.05, 0) is 24.1 Å². The van der Waals surface area contributed by atoms with Gasteiger partial charge in [0, 0.05) is 49.4 Å². The normalized spacial score (nSPS) is 21.3. The molecule has 2 fully saturated rings. The van der Waals surface area contributed by atoms with Crippen molar-refractivity contribution in [3.05, 3.63) is 39.9 Å². The van der Waals surface area contributed by atoms with Gasteiger partial charge in [-0.15, -0.1) is 0 Å². The third-order valence-electron chi connectivity index (χ3n) is 4.42. The lowest BCUT2D eigenvalue weighted by atomic mass is 10.0. The minimum absolute atomic E-state index is 0.0179. The summed E-state index contributed by atoms with van der Waals surface area (Å²) in [5.74, 6) is -0.0272. The Morgan fingerprint density at radius 1 is 1.33 bits per heavy atom. The number of rotatable bonds is 6. The molecule has 1 aromatic rings. The van der Waals surface area contributed by atoms with E-state index in [1.165, 1.54) is 23.9 Å². The van der Waals surface area contributed by atoms with E-state index in [0.29, 0.717) is 37.9 Å². The number of ether oxygens (including phenoxy) is 1. The number of nitro benzene ring substituents is 1. The van der Waals surface area contributed by atoms with Crippen LogP contribution < -0.4 is 5.32 Å². The highest BCUT2D eigenvalue weighted by atomic mass is 32.2. The van der Waals surface area contributed by atoms with Crippen LogP contribution in [0.1, 0.15) is 24.8 Å². The van der Waals surface area contributed by atoms with E-state index in [4.69, 9.17) is 4.74 Å². The lowest BCUT2D eigenvalue weighted by Gasteiger charge is -2.26. The van der Waals surface area contributed by atoms with Crippen molar-refractivity contribution in [1.82, 2.24) is 10.2 Å². The zero-order valence-electron chi connectivity index (χ0n) is 14.5. The van der Waals surface area contributed by atoms with Gasteiger partial charge < -0.3 is 15.0 Å². The average Bonchev–Trinajstić information content (AvgIpc) is 3.07. The standard InChI is InChI=1S/C17H19N3O6S/c21-15-7-12(18-15)8-16(22)27-14-5-6-19(9-14)17(23)26-10-11-1-3-13(4-2-11)20(24)25/h1-4,12,14H,5-10H2,(H,18,21)/t12?,14-/m0/s1. The molecule has 2 aliphatic heterocycles. The monoisotopic (exact) mass is 393 g/mol. The van der Waals surface area contributed by atoms with Gasteiger partial charge in [-0.3, -0.25) is 19.7 Å². The molecule has 2 atom stereocenters. The summed E-state index contributed by atoms with van der Waals surface area (Å²) in [7, 11) is 0. The van der Waals surface area contributed by atoms with Crippen molar-refractivity contribution in [3.8, 4) is 0 Å². The van der Waals surface area contributed by atoms with Gasteiger partial charge in [-0.2, -0.15) is 0 Å². The average molecular weight is 393 g/mol. The molecule has 9 nitrogen and oxygen atoms in total. The maximum atomic E-state index is 12.1. The Hall–Kier alpha value is -2.62. The van der Waals surface area contributed by atoms with Crippen molar-refractivity contribution in [1.29, 1.82) is 0 Å². The second-order valence-electron chi connectivity index (χ2n) is 6.50. The van der Waals surface area contributed by atoms with Crippen molar-refractivity contribution in [2.75, 3.05) is 13.1 Å². The van der Waals surface area contributed by atoms with Crippen LogP contribution in [0.25, 0.3) is 0 Å². The van der Waals surface area contributed by atoms with Crippen molar-refractivity contribution in [2.45, 2.75) is 37.2 Å². The molecule has 0 bridgehead atoms. The molecule has 0 aromatic heterocycles. The number of likely N-dealkylation sites (tertiary alicyclic amines) is 1. The Bertz CT molecular complexity index is 746. The third-order valence-corrected chi connectivity index (χ3v) is 5.57. The number of nitrogens with one attached hydrogen (secondary N) is 1. The highest BCUT2D eigenvalue weighted by molar-refractivity contribution is 8.14. The molecular formula is C17H19N3O6S. The van der Waals surface area contributed by atoms with Gasteiger partial charge in [0.05, 0.1) is 4.92 Å². The van der Waals surface area contributed by atoms with E-state index in [9.17, 15) is 24.5 Å². The molecule has 2 saturated heterocycles. The van der Waals surface area contributed by atoms with Gasteiger partial charge in [-0.25, -0.2) is 4.79 Å². The number of nitro groups is 1. The van der Waals surface area contributed by atoms with Gasteiger partial charge in [0.25, 0.3) is 5.69 Å². The number of nitrogens with zero attached hydrogens (tertiary/aromatic N) is 2. The largest absolute Gasteiger partial charge is 0.445 e. The summed E-state index contributed by atoms with van der Waals surface area (Å²) < 4.78 is 5.24. The van der Waals surface area contributed by atoms with Crippen LogP contribution in [-0.4, -0.2) is 51.3 Å². The number of hydrogen-bond acceptors (Lipinski definition) is 7. The molecule has 144 valence electrons. The number of carbonyl (C=O) groups is 3. The zero-order valence-corrected chi connectivity index (χ0v) is 15.3. The molecule has 0 saturated carbocycles. The van der Waals surface area contributed by atoms with Crippen LogP contribution in [0.15, 0.2) is 24.3 Å². The molecule has 2 aliphatic rings. The molecule has 1 N–H and O–H groups in total. The van der Waals surface area contributed by atoms with Crippen molar-refractivity contribution in [3.63, 3.8) is 0 Å². The number of benzene rings is 1. The smallest absolute Gasteiger partial charge is 0.410 e. The van der Waals surface area contributed by atoms with Gasteiger partial charge in [0.1, 0.15) is 6.61 Å². The molecule has 3 rings (SSSR count). The summed E-state index contributed by atoms with van der Waals surface area (Å²) >= 11 is 1.22. The van der Waals surface area contributed by atoms with Gasteiger partial charge >= 0.3 is 6.09 Å². The first kappa shape index (κ1) is 19.2. The number of hydrogen-bond donors (Lipinski definition) is 1. The summed E-state index contributed by atoms with van der Waals surface area (Å²) in [6.07, 6.45) is 0.963. The fraction of sp³-hybridized carbons (Fsp3) is 0.471. The molecule has 1 aromatic carbocycles. The van der Waals surface area contributed by atoms with Crippen molar-refractivity contribution < 1.29 is 24.0 Å². The summed E-state index contributed by atoms with van der Waals surface area (Å²) in [5.41, 5.74) is 0.646. The highest BCUT2D eigenvalue weighted by Gasteiger charge is 2.32. The molecular weight excluding hydrogens is 374 g/mol. The molecule has 2 amide bonds. The van der Waals surface area contributed by atoms with Gasteiger partial charge in [0.2, 0.25) is 5.91 Å². The first-order valence-corrected chi connectivity index (χ1v) is 9.42. The Morgan fingerprint density at radius 3 is 2.67 bits per heavy atom. The Labute approximate surface area is 159 Å². The highest BCUT2D eigenvalue weighted by Crippen LogP contribution is 2.26. The second-order valence-corrected chi connectivity index (χ2v) is 7.86. The van der Waals surface area contributed by atoms with Gasteiger partial charge in [0.15, 0.2) is 5.12 Å². The summed E-state index contributed by atoms with van der Waals surface area (Å²) in [6, 6.07) is 5.77. The molecule has 0 spiro atoms. The maximum Gasteiger partial charge on any atom is 0.410 e. The SMILES string of the molecule is O=C1CC(CC(=O)S[C@H]2CCN(C(=O)OCc3ccc([N+](=O)[O-])cc3)C2)N1. The molecule has 2 heterocycles. The van der Waals surface area contributed by atoms with Crippen molar-refractivity contribution in [2.24, 2.45) is 0 Å². The van der Waals surface area contributed by atoms with Crippen LogP contribution in [0.3, 0.4) is 0 Å². The summed E-state index contributed by atoms with van der Waals surface area (Å²) in [6.45, 7) is 0.988. The summed E-state index contributed by atoms with van der Waals surface area (Å²) in [5, 5.41) is 13.3. The number of thioether (sulfide) groups is 1. The lowest BCUT2D eigenvalue weighted by Crippen LogP contribution is -2.49. The van der Waals surface area contributed by atoms with Crippen LogP contribution in [-0.2, 0) is 20.9 Å². The summed E-state index contributed by atoms with van der Waals surface area (Å²) in [4.78, 5) is 46.7. The van der Waals surface area contributed by atoms with Gasteiger partial charge in [-0.1, -0.05) is 11.8 Å². The second kappa shape index (κ2) is 8.38. The first-order valence-electron chi connectivity index (χ1n) is 8.54. The minimum atomic E-state index is -0.488. The fourth-order valence-corrected chi connectivity index (χ4v) is 4.08. The van der Waals surface area contributed by atoms with E-state index >= 15 is 0 Å². The Kier molecular flexibility index (Phi) is 5.94. The maximum absolute atomic E-state index is 12.1. The predicted octanol–water partition coefficient (Wildman–Crippen LogP) is 1.84. The van der Waals surface area contributed by atoms with E-state index in [2.05, 4.69) is 5.32 Å². The van der Waals surface area contributed by atoms with Crippen molar-refractivity contribution >= 4 is 34.6 Å². The molecule has 0 aliphatic carbocycles. The molecule has 1 unspecified atom stereocenters. The van der Waals surface area contributed by atoms with E-state index < -0.39 is 11.0 Å². The topological polar surface area (TPSA) is 119 Å². The van der Waals surface area contributed by atoms with E-state index in [1.807, 2.05) is 0 Å². The number of non-ortho nitro benzene ring substituents is 1. The van der Waals surface area contributed by atoms with Crippen LogP contribution >= 0.6 is 11.8 Å². The molecule has 0 radical (unpaired) electrons. The predicted molar refractivity (Wildman–Crippen MR) is 97.0 cm³/mol. The third kappa shape index (κ3) is 5.19. The number of amides is 2. The first-order chi connectivity index (χ1) is 12.9. The zero-order chi connectivity index (χ0) is 19.4. The van der Waals surface area contributed by atoms with E-state index in [1.54, 1.807) is 17.0 Å². The van der Waals surface area contributed by atoms with Crippen LogP contribution in [0.5, 0.6) is 0 Å². The van der Waals surface area contributed by atoms with E-state index in [-0.39, 0.29) is 34.6 Å². The molecule has 10 heteroatoms. The number of carbonyl (C=O) groups excluding carboxylic acids is 3. The lowest BCUT2D eigenvalue weighted by molar-refractivity contribution is -0.384. The minimum Gasteiger partial charge on any atom is -0.445 e. The quantitative estimate of drug-likeness (QED) is 0.445. The van der Waals surface area contributed by atoms with Crippen LogP contribution in [0.2, 0.25) is 0 Å². The Balaban J connectivity index is 1.38. The molecule has 27 heavy (non-hydrogen) atoms. The van der Waals surface area contributed by atoms with Crippen LogP contribution in [0, 0.1) is 10.1 Å². The van der Waals surface area contributed by atoms with E-state index in [0.717, 1.165) is 0 Å². The van der Waals surface area contributed by atoms with Crippen LogP contribution in [0.4, 0.5) is 10.5 Å². The Morgan fingerprint density at radius 2 is 2.04 bits per heavy atom.